The van der Waals surface area contributed by atoms with Crippen LogP contribution in [0.1, 0.15) is 31.7 Å². The molecule has 1 aliphatic carbocycles. The standard InChI is InChI=1S/C12H18N2O2S/c1-2-8-17(15,16)14(12-5-6-12)10-11-4-3-7-13-9-11/h3-4,7,9,12H,2,5-6,8,10H2,1H3. The first-order valence-corrected chi connectivity index (χ1v) is 7.63. The Labute approximate surface area is 103 Å². The highest BCUT2D eigenvalue weighted by Gasteiger charge is 2.36. The van der Waals surface area contributed by atoms with Gasteiger partial charge >= 0.3 is 0 Å². The summed E-state index contributed by atoms with van der Waals surface area (Å²) in [6.45, 7) is 2.35. The Hall–Kier alpha value is -0.940. The van der Waals surface area contributed by atoms with Crippen molar-refractivity contribution in [3.8, 4) is 0 Å². The Morgan fingerprint density at radius 2 is 2.24 bits per heavy atom. The van der Waals surface area contributed by atoms with Gasteiger partial charge in [-0.1, -0.05) is 13.0 Å². The lowest BCUT2D eigenvalue weighted by molar-refractivity contribution is 0.398. The lowest BCUT2D eigenvalue weighted by atomic mass is 10.3. The molecule has 1 aliphatic rings. The molecular formula is C12H18N2O2S. The fourth-order valence-electron chi connectivity index (χ4n) is 1.86. The van der Waals surface area contributed by atoms with E-state index in [4.69, 9.17) is 0 Å². The molecule has 2 rings (SSSR count). The highest BCUT2D eigenvalue weighted by Crippen LogP contribution is 2.31. The summed E-state index contributed by atoms with van der Waals surface area (Å²) in [6, 6.07) is 3.98. The molecule has 0 unspecified atom stereocenters. The number of pyridine rings is 1. The topological polar surface area (TPSA) is 50.3 Å². The zero-order valence-electron chi connectivity index (χ0n) is 10.0. The molecule has 0 aromatic carbocycles. The molecule has 5 heteroatoms. The first-order valence-electron chi connectivity index (χ1n) is 6.02. The maximum absolute atomic E-state index is 12.1. The van der Waals surface area contributed by atoms with Crippen LogP contribution < -0.4 is 0 Å². The van der Waals surface area contributed by atoms with Crippen molar-refractivity contribution >= 4 is 10.0 Å². The van der Waals surface area contributed by atoms with Gasteiger partial charge in [0.15, 0.2) is 0 Å². The SMILES string of the molecule is CCCS(=O)(=O)N(Cc1cccnc1)C1CC1. The van der Waals surface area contributed by atoms with Gasteiger partial charge in [0.2, 0.25) is 10.0 Å². The highest BCUT2D eigenvalue weighted by molar-refractivity contribution is 7.89. The average molecular weight is 254 g/mol. The number of hydrogen-bond donors (Lipinski definition) is 0. The molecule has 0 bridgehead atoms. The predicted molar refractivity (Wildman–Crippen MR) is 66.9 cm³/mol. The molecule has 94 valence electrons. The minimum atomic E-state index is -3.10. The monoisotopic (exact) mass is 254 g/mol. The van der Waals surface area contributed by atoms with Gasteiger partial charge in [-0.25, -0.2) is 8.42 Å². The van der Waals surface area contributed by atoms with Gasteiger partial charge in [0, 0.05) is 25.0 Å². The fraction of sp³-hybridized carbons (Fsp3) is 0.583. The van der Waals surface area contributed by atoms with Crippen LogP contribution in [0.25, 0.3) is 0 Å². The van der Waals surface area contributed by atoms with Crippen molar-refractivity contribution in [2.45, 2.75) is 38.8 Å². The van der Waals surface area contributed by atoms with E-state index >= 15 is 0 Å². The number of hydrogen-bond acceptors (Lipinski definition) is 3. The Kier molecular flexibility index (Phi) is 3.79. The van der Waals surface area contributed by atoms with Gasteiger partial charge in [-0.3, -0.25) is 4.98 Å². The molecule has 17 heavy (non-hydrogen) atoms. The van der Waals surface area contributed by atoms with E-state index < -0.39 is 10.0 Å². The molecule has 1 saturated carbocycles. The van der Waals surface area contributed by atoms with Crippen LogP contribution in [-0.4, -0.2) is 29.5 Å². The summed E-state index contributed by atoms with van der Waals surface area (Å²) in [5.41, 5.74) is 0.957. The van der Waals surface area contributed by atoms with E-state index in [0.29, 0.717) is 13.0 Å². The quantitative estimate of drug-likeness (QED) is 0.777. The van der Waals surface area contributed by atoms with E-state index in [0.717, 1.165) is 18.4 Å². The molecule has 0 radical (unpaired) electrons. The second kappa shape index (κ2) is 5.14. The number of aromatic nitrogens is 1. The van der Waals surface area contributed by atoms with Crippen LogP contribution in [-0.2, 0) is 16.6 Å². The number of sulfonamides is 1. The van der Waals surface area contributed by atoms with Crippen molar-refractivity contribution in [2.24, 2.45) is 0 Å². The average Bonchev–Trinajstić information content (AvgIpc) is 3.11. The molecule has 4 nitrogen and oxygen atoms in total. The van der Waals surface area contributed by atoms with Gasteiger partial charge in [-0.2, -0.15) is 4.31 Å². The molecule has 1 aromatic rings. The summed E-state index contributed by atoms with van der Waals surface area (Å²) >= 11 is 0. The second-order valence-corrected chi connectivity index (χ2v) is 6.49. The molecule has 0 amide bonds. The largest absolute Gasteiger partial charge is 0.264 e. The normalized spacial score (nSPS) is 16.4. The van der Waals surface area contributed by atoms with Crippen molar-refractivity contribution in [1.29, 1.82) is 0 Å². The summed E-state index contributed by atoms with van der Waals surface area (Å²) in [5, 5.41) is 0. The van der Waals surface area contributed by atoms with Crippen LogP contribution in [0.15, 0.2) is 24.5 Å². The third-order valence-corrected chi connectivity index (χ3v) is 4.90. The molecule has 0 atom stereocenters. The van der Waals surface area contributed by atoms with Crippen LogP contribution in [0.4, 0.5) is 0 Å². The van der Waals surface area contributed by atoms with E-state index in [9.17, 15) is 8.42 Å². The summed E-state index contributed by atoms with van der Waals surface area (Å²) in [4.78, 5) is 4.02. The van der Waals surface area contributed by atoms with E-state index in [-0.39, 0.29) is 11.8 Å². The Morgan fingerprint density at radius 3 is 2.76 bits per heavy atom. The third kappa shape index (κ3) is 3.26. The van der Waals surface area contributed by atoms with E-state index in [1.54, 1.807) is 16.7 Å². The van der Waals surface area contributed by atoms with Crippen LogP contribution in [0.5, 0.6) is 0 Å². The lowest BCUT2D eigenvalue weighted by Gasteiger charge is -2.21. The Morgan fingerprint density at radius 1 is 1.47 bits per heavy atom. The molecule has 0 aliphatic heterocycles. The second-order valence-electron chi connectivity index (χ2n) is 4.45. The highest BCUT2D eigenvalue weighted by atomic mass is 32.2. The molecule has 0 spiro atoms. The molecular weight excluding hydrogens is 236 g/mol. The van der Waals surface area contributed by atoms with E-state index in [2.05, 4.69) is 4.98 Å². The summed E-state index contributed by atoms with van der Waals surface area (Å²) in [7, 11) is -3.10. The van der Waals surface area contributed by atoms with Crippen molar-refractivity contribution in [3.63, 3.8) is 0 Å². The van der Waals surface area contributed by atoms with Crippen LogP contribution in [0, 0.1) is 0 Å². The van der Waals surface area contributed by atoms with Gasteiger partial charge in [0.1, 0.15) is 0 Å². The zero-order valence-corrected chi connectivity index (χ0v) is 10.9. The smallest absolute Gasteiger partial charge is 0.214 e. The molecule has 1 aromatic heterocycles. The molecule has 0 saturated heterocycles. The van der Waals surface area contributed by atoms with Crippen molar-refractivity contribution in [1.82, 2.24) is 9.29 Å². The van der Waals surface area contributed by atoms with Crippen molar-refractivity contribution in [2.75, 3.05) is 5.75 Å². The minimum absolute atomic E-state index is 0.215. The summed E-state index contributed by atoms with van der Waals surface area (Å²) in [5.74, 6) is 0.240. The fourth-order valence-corrected chi connectivity index (χ4v) is 3.63. The Bertz CT molecular complexity index is 455. The summed E-state index contributed by atoms with van der Waals surface area (Å²) < 4.78 is 25.9. The number of rotatable bonds is 6. The van der Waals surface area contributed by atoms with Gasteiger partial charge in [-0.15, -0.1) is 0 Å². The van der Waals surface area contributed by atoms with Gasteiger partial charge in [0.05, 0.1) is 5.75 Å². The maximum atomic E-state index is 12.1. The van der Waals surface area contributed by atoms with E-state index in [1.807, 2.05) is 19.1 Å². The first-order chi connectivity index (χ1) is 8.13. The van der Waals surface area contributed by atoms with E-state index in [1.165, 1.54) is 0 Å². The lowest BCUT2D eigenvalue weighted by Crippen LogP contribution is -2.34. The number of nitrogens with zero attached hydrogens (tertiary/aromatic N) is 2. The van der Waals surface area contributed by atoms with Gasteiger partial charge in [0.25, 0.3) is 0 Å². The molecule has 1 heterocycles. The first kappa shape index (κ1) is 12.5. The molecule has 1 fully saturated rings. The van der Waals surface area contributed by atoms with Crippen LogP contribution in [0.2, 0.25) is 0 Å². The zero-order chi connectivity index (χ0) is 12.3. The maximum Gasteiger partial charge on any atom is 0.214 e. The van der Waals surface area contributed by atoms with Gasteiger partial charge in [-0.05, 0) is 30.9 Å². The Balaban J connectivity index is 2.13. The minimum Gasteiger partial charge on any atom is -0.264 e. The van der Waals surface area contributed by atoms with Crippen molar-refractivity contribution in [3.05, 3.63) is 30.1 Å². The summed E-state index contributed by atoms with van der Waals surface area (Å²) in [6.07, 6.45) is 6.08. The molecule has 0 N–H and O–H groups in total. The predicted octanol–water partition coefficient (Wildman–Crippen LogP) is 1.79. The van der Waals surface area contributed by atoms with Gasteiger partial charge < -0.3 is 0 Å². The van der Waals surface area contributed by atoms with Crippen LogP contribution >= 0.6 is 0 Å². The van der Waals surface area contributed by atoms with Crippen molar-refractivity contribution < 1.29 is 8.42 Å². The third-order valence-electron chi connectivity index (χ3n) is 2.83. The van der Waals surface area contributed by atoms with Crippen LogP contribution in [0.3, 0.4) is 0 Å².